The van der Waals surface area contributed by atoms with Crippen molar-refractivity contribution in [3.8, 4) is 0 Å². The van der Waals surface area contributed by atoms with E-state index in [2.05, 4.69) is 31.3 Å². The van der Waals surface area contributed by atoms with Gasteiger partial charge in [0.15, 0.2) is 0 Å². The molecule has 1 aromatic rings. The quantitative estimate of drug-likeness (QED) is 0.793. The van der Waals surface area contributed by atoms with Crippen molar-refractivity contribution >= 4 is 11.6 Å². The number of hydrogen-bond donors (Lipinski definition) is 1. The van der Waals surface area contributed by atoms with E-state index >= 15 is 0 Å². The summed E-state index contributed by atoms with van der Waals surface area (Å²) in [6.07, 6.45) is 5.94. The van der Waals surface area contributed by atoms with E-state index in [0.29, 0.717) is 16.5 Å². The minimum Gasteiger partial charge on any atom is -0.316 e. The second-order valence-electron chi connectivity index (χ2n) is 5.78. The van der Waals surface area contributed by atoms with Crippen molar-refractivity contribution in [2.45, 2.75) is 32.1 Å². The third kappa shape index (κ3) is 3.18. The third-order valence-corrected chi connectivity index (χ3v) is 4.01. The van der Waals surface area contributed by atoms with Crippen LogP contribution >= 0.6 is 11.6 Å². The maximum absolute atomic E-state index is 14.2. The van der Waals surface area contributed by atoms with E-state index < -0.39 is 0 Å². The molecule has 0 unspecified atom stereocenters. The standard InChI is InChI=1S/C16H21ClFN/c1-12(2)10-19-11-16(8-3-4-9-16)15-13(17)6-5-7-14(15)18/h3-7,12,19H,8-11H2,1-2H3. The Kier molecular flexibility index (Phi) is 4.64. The molecule has 0 atom stereocenters. The lowest BCUT2D eigenvalue weighted by Gasteiger charge is -2.31. The van der Waals surface area contributed by atoms with Crippen LogP contribution in [-0.2, 0) is 5.41 Å². The molecule has 1 nitrogen and oxygen atoms in total. The first-order valence-corrected chi connectivity index (χ1v) is 7.23. The van der Waals surface area contributed by atoms with Gasteiger partial charge in [-0.2, -0.15) is 0 Å². The van der Waals surface area contributed by atoms with Crippen LogP contribution < -0.4 is 5.32 Å². The van der Waals surface area contributed by atoms with E-state index in [1.54, 1.807) is 12.1 Å². The Bertz CT molecular complexity index is 440. The van der Waals surface area contributed by atoms with Gasteiger partial charge in [0, 0.05) is 22.5 Å². The number of hydrogen-bond acceptors (Lipinski definition) is 1. The summed E-state index contributed by atoms with van der Waals surface area (Å²) in [4.78, 5) is 0. The van der Waals surface area contributed by atoms with Gasteiger partial charge in [-0.15, -0.1) is 0 Å². The van der Waals surface area contributed by atoms with E-state index in [-0.39, 0.29) is 11.2 Å². The number of nitrogens with one attached hydrogen (secondary N) is 1. The fourth-order valence-corrected chi connectivity index (χ4v) is 3.11. The van der Waals surface area contributed by atoms with Gasteiger partial charge in [0.05, 0.1) is 0 Å². The summed E-state index contributed by atoms with van der Waals surface area (Å²) in [6.45, 7) is 6.04. The molecule has 0 fully saturated rings. The SMILES string of the molecule is CC(C)CNCC1(c2c(F)cccc2Cl)CC=CC1. The van der Waals surface area contributed by atoms with Crippen LogP contribution in [0.2, 0.25) is 5.02 Å². The molecule has 2 rings (SSSR count). The molecule has 1 N–H and O–H groups in total. The molecular formula is C16H21ClFN. The number of allylic oxidation sites excluding steroid dienone is 2. The molecule has 0 spiro atoms. The lowest BCUT2D eigenvalue weighted by molar-refractivity contribution is 0.387. The molecule has 104 valence electrons. The Labute approximate surface area is 119 Å². The Morgan fingerprint density at radius 3 is 2.58 bits per heavy atom. The molecule has 0 heterocycles. The zero-order valence-electron chi connectivity index (χ0n) is 11.5. The summed E-state index contributed by atoms with van der Waals surface area (Å²) in [5.41, 5.74) is 0.440. The average Bonchev–Trinajstić information content (AvgIpc) is 2.78. The highest BCUT2D eigenvalue weighted by Gasteiger charge is 2.36. The molecule has 1 aliphatic carbocycles. The average molecular weight is 282 g/mol. The van der Waals surface area contributed by atoms with Crippen molar-refractivity contribution in [1.82, 2.24) is 5.32 Å². The molecule has 0 amide bonds. The molecule has 0 saturated heterocycles. The van der Waals surface area contributed by atoms with Gasteiger partial charge in [-0.3, -0.25) is 0 Å². The van der Waals surface area contributed by atoms with Crippen LogP contribution in [0.15, 0.2) is 30.4 Å². The monoisotopic (exact) mass is 281 g/mol. The second kappa shape index (κ2) is 6.06. The Morgan fingerprint density at radius 2 is 2.00 bits per heavy atom. The number of benzene rings is 1. The first-order chi connectivity index (χ1) is 9.05. The van der Waals surface area contributed by atoms with E-state index in [0.717, 1.165) is 25.9 Å². The van der Waals surface area contributed by atoms with Crippen molar-refractivity contribution in [3.63, 3.8) is 0 Å². The predicted octanol–water partition coefficient (Wildman–Crippen LogP) is 4.31. The molecular weight excluding hydrogens is 261 g/mol. The minimum absolute atomic E-state index is 0.192. The normalized spacial score (nSPS) is 17.3. The molecule has 19 heavy (non-hydrogen) atoms. The highest BCUT2D eigenvalue weighted by atomic mass is 35.5. The summed E-state index contributed by atoms with van der Waals surface area (Å²) >= 11 is 6.25. The molecule has 0 bridgehead atoms. The minimum atomic E-state index is -0.225. The topological polar surface area (TPSA) is 12.0 Å². The van der Waals surface area contributed by atoms with Crippen LogP contribution in [-0.4, -0.2) is 13.1 Å². The highest BCUT2D eigenvalue weighted by molar-refractivity contribution is 6.31. The van der Waals surface area contributed by atoms with Crippen LogP contribution in [0.4, 0.5) is 4.39 Å². The molecule has 0 saturated carbocycles. The Hall–Kier alpha value is -0.860. The lowest BCUT2D eigenvalue weighted by Crippen LogP contribution is -2.38. The van der Waals surface area contributed by atoms with Crippen molar-refractivity contribution in [2.75, 3.05) is 13.1 Å². The molecule has 3 heteroatoms. The van der Waals surface area contributed by atoms with Crippen LogP contribution in [0.1, 0.15) is 32.3 Å². The van der Waals surface area contributed by atoms with Gasteiger partial charge in [0.1, 0.15) is 5.82 Å². The zero-order chi connectivity index (χ0) is 13.9. The third-order valence-electron chi connectivity index (χ3n) is 3.69. The van der Waals surface area contributed by atoms with E-state index in [1.165, 1.54) is 6.07 Å². The van der Waals surface area contributed by atoms with Gasteiger partial charge >= 0.3 is 0 Å². The molecule has 0 aromatic heterocycles. The maximum Gasteiger partial charge on any atom is 0.128 e. The van der Waals surface area contributed by atoms with Gasteiger partial charge in [0.2, 0.25) is 0 Å². The van der Waals surface area contributed by atoms with Crippen LogP contribution in [0.25, 0.3) is 0 Å². The van der Waals surface area contributed by atoms with Crippen molar-refractivity contribution in [3.05, 3.63) is 46.8 Å². The van der Waals surface area contributed by atoms with Gasteiger partial charge in [-0.25, -0.2) is 4.39 Å². The Balaban J connectivity index is 2.24. The zero-order valence-corrected chi connectivity index (χ0v) is 12.3. The summed E-state index contributed by atoms with van der Waals surface area (Å²) in [6, 6.07) is 4.95. The molecule has 0 aliphatic heterocycles. The number of halogens is 2. The predicted molar refractivity (Wildman–Crippen MR) is 79.2 cm³/mol. The van der Waals surface area contributed by atoms with Gasteiger partial charge in [-0.05, 0) is 37.4 Å². The molecule has 1 aliphatic rings. The lowest BCUT2D eigenvalue weighted by atomic mass is 9.77. The number of rotatable bonds is 5. The van der Waals surface area contributed by atoms with Gasteiger partial charge < -0.3 is 5.32 Å². The van der Waals surface area contributed by atoms with E-state index in [4.69, 9.17) is 11.6 Å². The first-order valence-electron chi connectivity index (χ1n) is 6.85. The van der Waals surface area contributed by atoms with Gasteiger partial charge in [-0.1, -0.05) is 43.7 Å². The van der Waals surface area contributed by atoms with Crippen molar-refractivity contribution < 1.29 is 4.39 Å². The first kappa shape index (κ1) is 14.5. The highest BCUT2D eigenvalue weighted by Crippen LogP contribution is 2.41. The maximum atomic E-state index is 14.2. The summed E-state index contributed by atoms with van der Waals surface area (Å²) in [7, 11) is 0. The molecule has 1 aromatic carbocycles. The van der Waals surface area contributed by atoms with E-state index in [9.17, 15) is 4.39 Å². The second-order valence-corrected chi connectivity index (χ2v) is 6.19. The van der Waals surface area contributed by atoms with Crippen LogP contribution in [0.5, 0.6) is 0 Å². The summed E-state index contributed by atoms with van der Waals surface area (Å²) in [5, 5.41) is 3.99. The summed E-state index contributed by atoms with van der Waals surface area (Å²) in [5.74, 6) is 0.394. The molecule has 0 radical (unpaired) electrons. The van der Waals surface area contributed by atoms with Crippen molar-refractivity contribution in [2.24, 2.45) is 5.92 Å². The largest absolute Gasteiger partial charge is 0.316 e. The van der Waals surface area contributed by atoms with Gasteiger partial charge in [0.25, 0.3) is 0 Å². The van der Waals surface area contributed by atoms with Crippen LogP contribution in [0, 0.1) is 11.7 Å². The van der Waals surface area contributed by atoms with Crippen molar-refractivity contribution in [1.29, 1.82) is 0 Å². The van der Waals surface area contributed by atoms with E-state index in [1.807, 2.05) is 0 Å². The van der Waals surface area contributed by atoms with Crippen LogP contribution in [0.3, 0.4) is 0 Å². The summed E-state index contributed by atoms with van der Waals surface area (Å²) < 4.78 is 14.2. The fourth-order valence-electron chi connectivity index (χ4n) is 2.74. The Morgan fingerprint density at radius 1 is 1.32 bits per heavy atom. The smallest absolute Gasteiger partial charge is 0.128 e. The fraction of sp³-hybridized carbons (Fsp3) is 0.500.